The van der Waals surface area contributed by atoms with Crippen molar-refractivity contribution in [2.45, 2.75) is 50.3 Å². The van der Waals surface area contributed by atoms with Gasteiger partial charge in [-0.25, -0.2) is 9.78 Å². The highest BCUT2D eigenvalue weighted by molar-refractivity contribution is 7.99. The van der Waals surface area contributed by atoms with Gasteiger partial charge in [-0.05, 0) is 79.2 Å². The van der Waals surface area contributed by atoms with Crippen LogP contribution in [0.25, 0.3) is 0 Å². The first-order valence-electron chi connectivity index (χ1n) is 9.54. The number of nitrogens with zero attached hydrogens (tertiary/aromatic N) is 1. The number of benzene rings is 1. The van der Waals surface area contributed by atoms with Crippen LogP contribution in [-0.2, 0) is 10.2 Å². The molecular weight excluding hydrogens is 354 g/mol. The molecule has 0 unspecified atom stereocenters. The second kappa shape index (κ2) is 8.63. The van der Waals surface area contributed by atoms with Crippen molar-refractivity contribution >= 4 is 17.7 Å². The lowest BCUT2D eigenvalue weighted by Gasteiger charge is -2.37. The average molecular weight is 380 g/mol. The van der Waals surface area contributed by atoms with Gasteiger partial charge >= 0.3 is 5.97 Å². The summed E-state index contributed by atoms with van der Waals surface area (Å²) in [6, 6.07) is 10.0. The van der Waals surface area contributed by atoms with E-state index in [0.29, 0.717) is 17.9 Å². The van der Waals surface area contributed by atoms with E-state index in [9.17, 15) is 4.79 Å². The van der Waals surface area contributed by atoms with Gasteiger partial charge in [0.15, 0.2) is 0 Å². The zero-order chi connectivity index (χ0) is 19.3. The van der Waals surface area contributed by atoms with Crippen LogP contribution < -0.4 is 0 Å². The number of fused-ring (bicyclic) bond motifs is 1. The molecule has 27 heavy (non-hydrogen) atoms. The number of carbonyl (C=O) groups excluding carboxylic acids is 1. The van der Waals surface area contributed by atoms with Gasteiger partial charge in [-0.3, -0.25) is 0 Å². The molecule has 0 amide bonds. The van der Waals surface area contributed by atoms with E-state index in [0.717, 1.165) is 18.4 Å². The van der Waals surface area contributed by atoms with E-state index in [2.05, 4.69) is 48.9 Å². The Kier molecular flexibility index (Phi) is 6.23. The molecule has 0 saturated carbocycles. The van der Waals surface area contributed by atoms with E-state index in [1.54, 1.807) is 19.1 Å². The third-order valence-corrected chi connectivity index (χ3v) is 6.43. The molecule has 1 aliphatic rings. The maximum Gasteiger partial charge on any atom is 0.339 e. The topological polar surface area (TPSA) is 39.2 Å². The number of hydrogen-bond donors (Lipinski definition) is 0. The van der Waals surface area contributed by atoms with Crippen molar-refractivity contribution in [1.82, 2.24) is 4.98 Å². The number of aromatic nitrogens is 1. The third-order valence-electron chi connectivity index (χ3n) is 5.35. The normalized spacial score (nSPS) is 14.6. The van der Waals surface area contributed by atoms with Crippen LogP contribution in [0.15, 0.2) is 41.4 Å². The van der Waals surface area contributed by atoms with Crippen LogP contribution in [0.5, 0.6) is 0 Å². The maximum absolute atomic E-state index is 11.7. The Morgan fingerprint density at radius 1 is 1.19 bits per heavy atom. The first kappa shape index (κ1) is 19.5. The molecule has 1 aliphatic heterocycles. The lowest BCUT2D eigenvalue weighted by molar-refractivity contribution is 0.0526. The minimum absolute atomic E-state index is 0.276. The minimum atomic E-state index is -0.354. The summed E-state index contributed by atoms with van der Waals surface area (Å²) in [7, 11) is 0. The monoisotopic (exact) mass is 379 g/mol. The Bertz CT molecular complexity index is 873. The molecule has 2 aromatic rings. The largest absolute Gasteiger partial charge is 0.462 e. The van der Waals surface area contributed by atoms with Crippen LogP contribution >= 0.6 is 11.8 Å². The van der Waals surface area contributed by atoms with Crippen LogP contribution in [0.2, 0.25) is 0 Å². The molecule has 1 aromatic carbocycles. The molecule has 0 radical (unpaired) electrons. The molecule has 4 heteroatoms. The van der Waals surface area contributed by atoms with Crippen molar-refractivity contribution in [3.63, 3.8) is 0 Å². The fourth-order valence-electron chi connectivity index (χ4n) is 3.56. The smallest absolute Gasteiger partial charge is 0.339 e. The Morgan fingerprint density at radius 2 is 2.00 bits per heavy atom. The highest BCUT2D eigenvalue weighted by atomic mass is 32.2. The number of thioether (sulfide) groups is 1. The van der Waals surface area contributed by atoms with Crippen molar-refractivity contribution in [1.29, 1.82) is 0 Å². The van der Waals surface area contributed by atoms with Crippen LogP contribution in [0, 0.1) is 11.8 Å². The van der Waals surface area contributed by atoms with Crippen LogP contribution in [0.4, 0.5) is 0 Å². The summed E-state index contributed by atoms with van der Waals surface area (Å²) in [4.78, 5) is 17.4. The van der Waals surface area contributed by atoms with Gasteiger partial charge in [-0.2, -0.15) is 0 Å². The van der Waals surface area contributed by atoms with E-state index in [-0.39, 0.29) is 11.4 Å². The predicted octanol–water partition coefficient (Wildman–Crippen LogP) is 5.21. The molecule has 0 spiro atoms. The summed E-state index contributed by atoms with van der Waals surface area (Å²) < 4.78 is 4.97. The van der Waals surface area contributed by atoms with Crippen LogP contribution in [0.3, 0.4) is 0 Å². The third kappa shape index (κ3) is 4.20. The van der Waals surface area contributed by atoms with Crippen molar-refractivity contribution < 1.29 is 9.53 Å². The molecule has 0 N–H and O–H groups in total. The van der Waals surface area contributed by atoms with Gasteiger partial charge < -0.3 is 4.74 Å². The Labute approximate surface area is 165 Å². The lowest BCUT2D eigenvalue weighted by atomic mass is 9.73. The van der Waals surface area contributed by atoms with E-state index < -0.39 is 0 Å². The van der Waals surface area contributed by atoms with E-state index in [1.165, 1.54) is 28.8 Å². The Balaban J connectivity index is 1.85. The summed E-state index contributed by atoms with van der Waals surface area (Å²) >= 11 is 1.95. The van der Waals surface area contributed by atoms with Gasteiger partial charge in [0, 0.05) is 16.7 Å². The molecule has 0 aliphatic carbocycles. The first-order chi connectivity index (χ1) is 13.1. The second-order valence-electron chi connectivity index (χ2n) is 6.70. The van der Waals surface area contributed by atoms with Crippen molar-refractivity contribution in [3.05, 3.63) is 58.9 Å². The van der Waals surface area contributed by atoms with Gasteiger partial charge in [-0.1, -0.05) is 19.8 Å². The number of esters is 1. The molecule has 0 saturated heterocycles. The average Bonchev–Trinajstić information content (AvgIpc) is 2.72. The van der Waals surface area contributed by atoms with Crippen molar-refractivity contribution in [3.8, 4) is 11.8 Å². The predicted molar refractivity (Wildman–Crippen MR) is 110 cm³/mol. The summed E-state index contributed by atoms with van der Waals surface area (Å²) in [5, 5.41) is 0. The van der Waals surface area contributed by atoms with Crippen molar-refractivity contribution in [2.75, 3.05) is 12.4 Å². The fourth-order valence-corrected chi connectivity index (χ4v) is 4.87. The molecule has 0 bridgehead atoms. The van der Waals surface area contributed by atoms with Gasteiger partial charge in [0.05, 0.1) is 12.2 Å². The van der Waals surface area contributed by atoms with Gasteiger partial charge in [0.25, 0.3) is 0 Å². The summed E-state index contributed by atoms with van der Waals surface area (Å²) in [6.07, 6.45) is 5.06. The van der Waals surface area contributed by atoms with Crippen molar-refractivity contribution in [2.24, 2.45) is 0 Å². The number of hydrogen-bond acceptors (Lipinski definition) is 4. The minimum Gasteiger partial charge on any atom is -0.462 e. The van der Waals surface area contributed by atoms with E-state index >= 15 is 0 Å². The zero-order valence-electron chi connectivity index (χ0n) is 16.2. The van der Waals surface area contributed by atoms with E-state index in [1.807, 2.05) is 11.8 Å². The molecule has 0 fully saturated rings. The van der Waals surface area contributed by atoms with Crippen LogP contribution in [-0.4, -0.2) is 23.3 Å². The molecule has 3 nitrogen and oxygen atoms in total. The Hall–Kier alpha value is -2.25. The molecule has 0 atom stereocenters. The molecule has 3 rings (SSSR count). The molecular formula is C23H25NO2S. The number of ether oxygens (including phenoxy) is 1. The number of pyridine rings is 1. The second-order valence-corrected chi connectivity index (χ2v) is 7.84. The maximum atomic E-state index is 11.7. The highest BCUT2D eigenvalue weighted by Gasteiger charge is 2.33. The van der Waals surface area contributed by atoms with Gasteiger partial charge in [0.1, 0.15) is 5.69 Å². The molecule has 2 heterocycles. The SMILES string of the molecule is CCOC(=O)c1ccc(C#Cc2ccc3c(c2)C(CC)(CC)CCS3)nc1. The summed E-state index contributed by atoms with van der Waals surface area (Å²) in [6.45, 7) is 6.72. The molecule has 1 aromatic heterocycles. The molecule has 140 valence electrons. The first-order valence-corrected chi connectivity index (χ1v) is 10.5. The number of carbonyl (C=O) groups is 1. The fraction of sp³-hybridized carbons (Fsp3) is 0.391. The quantitative estimate of drug-likeness (QED) is 0.540. The van der Waals surface area contributed by atoms with Gasteiger partial charge in [0.2, 0.25) is 0 Å². The number of rotatable bonds is 4. The van der Waals surface area contributed by atoms with Crippen LogP contribution in [0.1, 0.15) is 67.2 Å². The Morgan fingerprint density at radius 3 is 2.67 bits per heavy atom. The van der Waals surface area contributed by atoms with Gasteiger partial charge in [-0.15, -0.1) is 11.8 Å². The van der Waals surface area contributed by atoms with E-state index in [4.69, 9.17) is 4.74 Å². The zero-order valence-corrected chi connectivity index (χ0v) is 17.0. The highest BCUT2D eigenvalue weighted by Crippen LogP contribution is 2.46. The lowest BCUT2D eigenvalue weighted by Crippen LogP contribution is -2.28. The standard InChI is InChI=1S/C23H25NO2S/c1-4-23(5-2)13-14-27-21-12-8-17(15-20(21)23)7-10-19-11-9-18(16-24-19)22(25)26-6-3/h8-9,11-12,15-16H,4-6,13-14H2,1-3H3. The summed E-state index contributed by atoms with van der Waals surface area (Å²) in [5.74, 6) is 7.18. The summed E-state index contributed by atoms with van der Waals surface area (Å²) in [5.41, 5.74) is 3.83.